The van der Waals surface area contributed by atoms with E-state index in [-0.39, 0.29) is 12.4 Å². The van der Waals surface area contributed by atoms with Gasteiger partial charge >= 0.3 is 0 Å². The molecule has 0 N–H and O–H groups in total. The largest absolute Gasteiger partial charge is 1.00 e. The van der Waals surface area contributed by atoms with Gasteiger partial charge in [0.1, 0.15) is 0 Å². The van der Waals surface area contributed by atoms with Crippen molar-refractivity contribution in [3.05, 3.63) is 0 Å². The van der Waals surface area contributed by atoms with Crippen LogP contribution < -0.4 is 12.4 Å². The van der Waals surface area contributed by atoms with Gasteiger partial charge in [-0.1, -0.05) is 111 Å². The molecular formula is C28H60ClP. The highest BCUT2D eigenvalue weighted by Gasteiger charge is 2.34. The molecule has 2 heteroatoms. The molecule has 0 aliphatic rings. The zero-order valence-electron chi connectivity index (χ0n) is 21.8. The van der Waals surface area contributed by atoms with Crippen molar-refractivity contribution < 1.29 is 12.4 Å². The van der Waals surface area contributed by atoms with E-state index in [1.165, 1.54) is 109 Å². The van der Waals surface area contributed by atoms with E-state index in [4.69, 9.17) is 0 Å². The second-order valence-electron chi connectivity index (χ2n) is 9.89. The molecule has 0 unspecified atom stereocenters. The third kappa shape index (κ3) is 20.6. The fourth-order valence-corrected chi connectivity index (χ4v) is 9.86. The Balaban J connectivity index is 0. The van der Waals surface area contributed by atoms with Crippen LogP contribution in [0.25, 0.3) is 0 Å². The highest BCUT2D eigenvalue weighted by atomic mass is 35.5. The molecule has 0 aromatic carbocycles. The van der Waals surface area contributed by atoms with Gasteiger partial charge < -0.3 is 12.4 Å². The van der Waals surface area contributed by atoms with Crippen molar-refractivity contribution in [1.29, 1.82) is 0 Å². The number of halogens is 1. The zero-order valence-corrected chi connectivity index (χ0v) is 23.4. The molecule has 0 aromatic rings. The Hall–Kier alpha value is 0.720. The van der Waals surface area contributed by atoms with E-state index in [2.05, 4.69) is 27.7 Å². The average Bonchev–Trinajstić information content (AvgIpc) is 2.74. The predicted octanol–water partition coefficient (Wildman–Crippen LogP) is 7.89. The quantitative estimate of drug-likeness (QED) is 0.101. The minimum Gasteiger partial charge on any atom is -1.00 e. The Kier molecular flexibility index (Phi) is 28.5. The fraction of sp³-hybridized carbons (Fsp3) is 1.00. The summed E-state index contributed by atoms with van der Waals surface area (Å²) in [6, 6.07) is 0. The summed E-state index contributed by atoms with van der Waals surface area (Å²) in [5.41, 5.74) is 0. The maximum atomic E-state index is 2.41. The summed E-state index contributed by atoms with van der Waals surface area (Å²) in [5.74, 6) is 0. The molecular weight excluding hydrogens is 403 g/mol. The van der Waals surface area contributed by atoms with E-state index in [1.807, 2.05) is 0 Å². The standard InChI is InChI=1S/C28H60P.ClH/c1-5-9-13-16-19-22-26-29(25-12-8-4,27-23-20-17-14-10-6-2)28-24-21-18-15-11-7-3;/h5-28H2,1-4H3;1H/q+1;/p-1. The van der Waals surface area contributed by atoms with Crippen LogP contribution in [-0.2, 0) is 0 Å². The molecule has 0 atom stereocenters. The van der Waals surface area contributed by atoms with Crippen LogP contribution in [0.1, 0.15) is 156 Å². The maximum absolute atomic E-state index is 2.41. The first-order valence-corrected chi connectivity index (χ1v) is 16.6. The van der Waals surface area contributed by atoms with Crippen LogP contribution in [0.2, 0.25) is 0 Å². The van der Waals surface area contributed by atoms with Gasteiger partial charge in [-0.3, -0.25) is 0 Å². The molecule has 0 radical (unpaired) electrons. The third-order valence-corrected chi connectivity index (χ3v) is 12.0. The number of hydrogen-bond acceptors (Lipinski definition) is 0. The summed E-state index contributed by atoms with van der Waals surface area (Å²) in [5, 5.41) is 0. The molecule has 0 spiro atoms. The van der Waals surface area contributed by atoms with E-state index in [9.17, 15) is 0 Å². The van der Waals surface area contributed by atoms with Gasteiger partial charge in [-0.05, 0) is 44.9 Å². The topological polar surface area (TPSA) is 0 Å². The van der Waals surface area contributed by atoms with Crippen LogP contribution in [0.4, 0.5) is 0 Å². The summed E-state index contributed by atoms with van der Waals surface area (Å²) >= 11 is 0. The third-order valence-electron chi connectivity index (χ3n) is 6.94. The molecule has 0 heterocycles. The molecule has 0 fully saturated rings. The highest BCUT2D eigenvalue weighted by Crippen LogP contribution is 2.61. The summed E-state index contributed by atoms with van der Waals surface area (Å²) in [6.45, 7) is 9.42. The van der Waals surface area contributed by atoms with Crippen LogP contribution in [0.3, 0.4) is 0 Å². The van der Waals surface area contributed by atoms with Crippen LogP contribution in [0, 0.1) is 0 Å². The summed E-state index contributed by atoms with van der Waals surface area (Å²) < 4.78 is 0. The van der Waals surface area contributed by atoms with Gasteiger partial charge in [0.05, 0.1) is 24.6 Å². The normalized spacial score (nSPS) is 11.6. The Labute approximate surface area is 200 Å². The van der Waals surface area contributed by atoms with Crippen molar-refractivity contribution in [2.24, 2.45) is 0 Å². The molecule has 184 valence electrons. The second-order valence-corrected chi connectivity index (χ2v) is 14.4. The summed E-state index contributed by atoms with van der Waals surface area (Å²) in [6.07, 6.45) is 36.1. The fourth-order valence-electron chi connectivity index (χ4n) is 4.85. The molecule has 0 aromatic heterocycles. The van der Waals surface area contributed by atoms with Gasteiger partial charge in [-0.25, -0.2) is 0 Å². The van der Waals surface area contributed by atoms with Gasteiger partial charge in [-0.15, -0.1) is 0 Å². The van der Waals surface area contributed by atoms with Crippen molar-refractivity contribution in [1.82, 2.24) is 0 Å². The lowest BCUT2D eigenvalue weighted by atomic mass is 10.1. The van der Waals surface area contributed by atoms with Gasteiger partial charge in [0.25, 0.3) is 0 Å². The summed E-state index contributed by atoms with van der Waals surface area (Å²) in [7, 11) is -0.679. The smallest absolute Gasteiger partial charge is 0.0594 e. The Morgan fingerprint density at radius 2 is 0.533 bits per heavy atom. The van der Waals surface area contributed by atoms with E-state index >= 15 is 0 Å². The molecule has 0 saturated carbocycles. The molecule has 0 amide bonds. The first-order valence-electron chi connectivity index (χ1n) is 14.1. The van der Waals surface area contributed by atoms with E-state index in [0.29, 0.717) is 0 Å². The van der Waals surface area contributed by atoms with Gasteiger partial charge in [0, 0.05) is 7.26 Å². The van der Waals surface area contributed by atoms with Crippen molar-refractivity contribution in [3.8, 4) is 0 Å². The van der Waals surface area contributed by atoms with Crippen molar-refractivity contribution in [3.63, 3.8) is 0 Å². The molecule has 0 rings (SSSR count). The first-order chi connectivity index (χ1) is 14.2. The van der Waals surface area contributed by atoms with E-state index in [1.54, 1.807) is 43.9 Å². The van der Waals surface area contributed by atoms with Crippen molar-refractivity contribution in [2.45, 2.75) is 156 Å². The van der Waals surface area contributed by atoms with Gasteiger partial charge in [0.2, 0.25) is 0 Å². The molecule has 0 saturated heterocycles. The van der Waals surface area contributed by atoms with Crippen LogP contribution in [-0.4, -0.2) is 24.6 Å². The predicted molar refractivity (Wildman–Crippen MR) is 141 cm³/mol. The molecule has 0 aliphatic carbocycles. The van der Waals surface area contributed by atoms with Gasteiger partial charge in [0.15, 0.2) is 0 Å². The SMILES string of the molecule is CCCCCCCC[P+](CCCC)(CCCCCCCC)CCCCCCCC.[Cl-]. The second kappa shape index (κ2) is 26.0. The number of unbranched alkanes of at least 4 members (excludes halogenated alkanes) is 16. The van der Waals surface area contributed by atoms with Crippen LogP contribution >= 0.6 is 7.26 Å². The lowest BCUT2D eigenvalue weighted by molar-refractivity contribution is -0.00000667. The molecule has 0 nitrogen and oxygen atoms in total. The Morgan fingerprint density at radius 1 is 0.300 bits per heavy atom. The minimum absolute atomic E-state index is 0. The van der Waals surface area contributed by atoms with Crippen molar-refractivity contribution in [2.75, 3.05) is 24.6 Å². The summed E-state index contributed by atoms with van der Waals surface area (Å²) in [4.78, 5) is 0. The lowest BCUT2D eigenvalue weighted by Crippen LogP contribution is -3.00. The zero-order chi connectivity index (χ0) is 21.5. The molecule has 0 bridgehead atoms. The van der Waals surface area contributed by atoms with E-state index in [0.717, 1.165) is 0 Å². The first kappa shape index (κ1) is 32.9. The van der Waals surface area contributed by atoms with Crippen LogP contribution in [0.15, 0.2) is 0 Å². The number of rotatable bonds is 24. The minimum atomic E-state index is -0.679. The molecule has 0 aliphatic heterocycles. The number of hydrogen-bond donors (Lipinski definition) is 0. The monoisotopic (exact) mass is 462 g/mol. The van der Waals surface area contributed by atoms with Crippen molar-refractivity contribution >= 4 is 7.26 Å². The lowest BCUT2D eigenvalue weighted by Gasteiger charge is -2.28. The average molecular weight is 463 g/mol. The van der Waals surface area contributed by atoms with E-state index < -0.39 is 7.26 Å². The van der Waals surface area contributed by atoms with Gasteiger partial charge in [-0.2, -0.15) is 0 Å². The Bertz CT molecular complexity index is 264. The molecule has 30 heavy (non-hydrogen) atoms. The highest BCUT2D eigenvalue weighted by molar-refractivity contribution is 7.75. The Morgan fingerprint density at radius 3 is 0.833 bits per heavy atom. The van der Waals surface area contributed by atoms with Crippen LogP contribution in [0.5, 0.6) is 0 Å². The maximum Gasteiger partial charge on any atom is 0.0594 e.